The SMILES string of the molecule is NC(c1ccccc1)c1nnc(-c2ccc(I)c(Cl)c2)o1. The van der Waals surface area contributed by atoms with Crippen LogP contribution >= 0.6 is 34.2 Å². The quantitative estimate of drug-likeness (QED) is 0.661. The van der Waals surface area contributed by atoms with E-state index in [2.05, 4.69) is 32.8 Å². The highest BCUT2D eigenvalue weighted by Crippen LogP contribution is 2.27. The highest BCUT2D eigenvalue weighted by atomic mass is 127. The van der Waals surface area contributed by atoms with Crippen molar-refractivity contribution in [1.82, 2.24) is 10.2 Å². The first-order valence-electron chi connectivity index (χ1n) is 6.24. The average Bonchev–Trinajstić information content (AvgIpc) is 3.00. The lowest BCUT2D eigenvalue weighted by atomic mass is 10.1. The Balaban J connectivity index is 1.91. The van der Waals surface area contributed by atoms with Crippen LogP contribution in [0.5, 0.6) is 0 Å². The lowest BCUT2D eigenvalue weighted by Gasteiger charge is -2.06. The molecule has 1 heterocycles. The van der Waals surface area contributed by atoms with Crippen LogP contribution in [0.15, 0.2) is 52.9 Å². The Hall–Kier alpha value is -1.44. The summed E-state index contributed by atoms with van der Waals surface area (Å²) < 4.78 is 6.64. The molecule has 0 aliphatic rings. The molecule has 3 rings (SSSR count). The van der Waals surface area contributed by atoms with Crippen molar-refractivity contribution in [1.29, 1.82) is 0 Å². The van der Waals surface area contributed by atoms with Gasteiger partial charge in [0, 0.05) is 9.13 Å². The zero-order valence-corrected chi connectivity index (χ0v) is 13.7. The molecule has 1 atom stereocenters. The normalized spacial score (nSPS) is 12.3. The Morgan fingerprint density at radius 1 is 1.10 bits per heavy atom. The molecule has 0 saturated heterocycles. The van der Waals surface area contributed by atoms with Crippen LogP contribution in [-0.4, -0.2) is 10.2 Å². The highest BCUT2D eigenvalue weighted by Gasteiger charge is 2.17. The zero-order valence-electron chi connectivity index (χ0n) is 10.8. The predicted molar refractivity (Wildman–Crippen MR) is 89.9 cm³/mol. The largest absolute Gasteiger partial charge is 0.419 e. The minimum Gasteiger partial charge on any atom is -0.419 e. The zero-order chi connectivity index (χ0) is 14.8. The summed E-state index contributed by atoms with van der Waals surface area (Å²) in [6, 6.07) is 14.8. The summed E-state index contributed by atoms with van der Waals surface area (Å²) in [7, 11) is 0. The molecule has 1 aromatic heterocycles. The van der Waals surface area contributed by atoms with Gasteiger partial charge in [-0.2, -0.15) is 0 Å². The van der Waals surface area contributed by atoms with E-state index in [1.165, 1.54) is 0 Å². The van der Waals surface area contributed by atoms with Crippen molar-refractivity contribution >= 4 is 34.2 Å². The van der Waals surface area contributed by atoms with Crippen LogP contribution in [0.4, 0.5) is 0 Å². The van der Waals surface area contributed by atoms with Crippen molar-refractivity contribution in [2.24, 2.45) is 5.73 Å². The molecule has 3 aromatic rings. The highest BCUT2D eigenvalue weighted by molar-refractivity contribution is 14.1. The Morgan fingerprint density at radius 2 is 1.86 bits per heavy atom. The first kappa shape index (κ1) is 14.5. The van der Waals surface area contributed by atoms with E-state index in [0.717, 1.165) is 14.7 Å². The van der Waals surface area contributed by atoms with Crippen LogP contribution in [0, 0.1) is 3.57 Å². The van der Waals surface area contributed by atoms with Crippen LogP contribution in [0.1, 0.15) is 17.5 Å². The van der Waals surface area contributed by atoms with Crippen LogP contribution in [0.2, 0.25) is 5.02 Å². The molecule has 106 valence electrons. The summed E-state index contributed by atoms with van der Waals surface area (Å²) >= 11 is 8.27. The maximum atomic E-state index is 6.14. The first-order valence-corrected chi connectivity index (χ1v) is 7.70. The third-order valence-electron chi connectivity index (χ3n) is 3.03. The predicted octanol–water partition coefficient (Wildman–Crippen LogP) is 4.04. The van der Waals surface area contributed by atoms with Crippen molar-refractivity contribution in [2.45, 2.75) is 6.04 Å². The lowest BCUT2D eigenvalue weighted by molar-refractivity contribution is 0.484. The van der Waals surface area contributed by atoms with Crippen LogP contribution < -0.4 is 5.73 Å². The summed E-state index contributed by atoms with van der Waals surface area (Å²) in [6.07, 6.45) is 0. The van der Waals surface area contributed by atoms with Gasteiger partial charge in [0.1, 0.15) is 6.04 Å². The fraction of sp³-hybridized carbons (Fsp3) is 0.0667. The van der Waals surface area contributed by atoms with Gasteiger partial charge < -0.3 is 10.2 Å². The molecule has 21 heavy (non-hydrogen) atoms. The number of hydrogen-bond acceptors (Lipinski definition) is 4. The summed E-state index contributed by atoms with van der Waals surface area (Å²) in [5.41, 5.74) is 7.84. The molecule has 0 aliphatic carbocycles. The van der Waals surface area contributed by atoms with Crippen LogP contribution in [-0.2, 0) is 0 Å². The number of nitrogens with two attached hydrogens (primary N) is 1. The Morgan fingerprint density at radius 3 is 2.57 bits per heavy atom. The molecule has 0 radical (unpaired) electrons. The van der Waals surface area contributed by atoms with Crippen molar-refractivity contribution in [3.63, 3.8) is 0 Å². The fourth-order valence-electron chi connectivity index (χ4n) is 1.91. The molecule has 0 fully saturated rings. The molecule has 0 spiro atoms. The molecule has 2 N–H and O–H groups in total. The standard InChI is InChI=1S/C15H11ClIN3O/c16-11-8-10(6-7-12(11)17)14-19-20-15(21-14)13(18)9-4-2-1-3-5-9/h1-8,13H,18H2. The van der Waals surface area contributed by atoms with Crippen molar-refractivity contribution < 1.29 is 4.42 Å². The fourth-order valence-corrected chi connectivity index (χ4v) is 2.43. The summed E-state index contributed by atoms with van der Waals surface area (Å²) in [5, 5.41) is 8.73. The van der Waals surface area contributed by atoms with E-state index in [0.29, 0.717) is 16.8 Å². The number of halogens is 2. The second-order valence-corrected chi connectivity index (χ2v) is 6.03. The van der Waals surface area contributed by atoms with E-state index in [1.807, 2.05) is 42.5 Å². The molecule has 4 nitrogen and oxygen atoms in total. The van der Waals surface area contributed by atoms with Crippen LogP contribution in [0.25, 0.3) is 11.5 Å². The molecule has 0 aliphatic heterocycles. The number of rotatable bonds is 3. The third kappa shape index (κ3) is 3.09. The minimum absolute atomic E-state index is 0.380. The van der Waals surface area contributed by atoms with Gasteiger partial charge in [-0.05, 0) is 46.4 Å². The molecule has 2 aromatic carbocycles. The molecule has 0 saturated carbocycles. The maximum absolute atomic E-state index is 6.14. The number of nitrogens with zero attached hydrogens (tertiary/aromatic N) is 2. The first-order chi connectivity index (χ1) is 10.1. The number of hydrogen-bond donors (Lipinski definition) is 1. The summed E-state index contributed by atoms with van der Waals surface area (Å²) in [4.78, 5) is 0. The van der Waals surface area contributed by atoms with Gasteiger partial charge in [-0.25, -0.2) is 0 Å². The van der Waals surface area contributed by atoms with Crippen molar-refractivity contribution in [3.05, 3.63) is 68.6 Å². The van der Waals surface area contributed by atoms with E-state index in [9.17, 15) is 0 Å². The van der Waals surface area contributed by atoms with Crippen molar-refractivity contribution in [2.75, 3.05) is 0 Å². The van der Waals surface area contributed by atoms with Gasteiger partial charge in [-0.15, -0.1) is 10.2 Å². The third-order valence-corrected chi connectivity index (χ3v) is 4.60. The van der Waals surface area contributed by atoms with E-state index >= 15 is 0 Å². The number of benzene rings is 2. The van der Waals surface area contributed by atoms with E-state index in [-0.39, 0.29) is 0 Å². The minimum atomic E-state index is -0.438. The van der Waals surface area contributed by atoms with Gasteiger partial charge in [0.15, 0.2) is 0 Å². The lowest BCUT2D eigenvalue weighted by Crippen LogP contribution is -2.11. The summed E-state index contributed by atoms with van der Waals surface area (Å²) in [5.74, 6) is 0.792. The van der Waals surface area contributed by atoms with Gasteiger partial charge in [0.05, 0.1) is 5.02 Å². The van der Waals surface area contributed by atoms with Crippen LogP contribution in [0.3, 0.4) is 0 Å². The topological polar surface area (TPSA) is 64.9 Å². The molecule has 0 bridgehead atoms. The number of aromatic nitrogens is 2. The smallest absolute Gasteiger partial charge is 0.247 e. The molecular formula is C15H11ClIN3O. The van der Waals surface area contributed by atoms with E-state index in [4.69, 9.17) is 21.8 Å². The Labute approximate surface area is 140 Å². The van der Waals surface area contributed by atoms with Gasteiger partial charge in [0.25, 0.3) is 0 Å². The van der Waals surface area contributed by atoms with Gasteiger partial charge in [-0.3, -0.25) is 0 Å². The Kier molecular flexibility index (Phi) is 4.23. The van der Waals surface area contributed by atoms with Crippen molar-refractivity contribution in [3.8, 4) is 11.5 Å². The van der Waals surface area contributed by atoms with E-state index in [1.54, 1.807) is 6.07 Å². The Bertz CT molecular complexity index is 761. The molecular weight excluding hydrogens is 401 g/mol. The molecule has 0 amide bonds. The average molecular weight is 412 g/mol. The second kappa shape index (κ2) is 6.13. The van der Waals surface area contributed by atoms with Gasteiger partial charge in [-0.1, -0.05) is 41.9 Å². The monoisotopic (exact) mass is 411 g/mol. The molecule has 6 heteroatoms. The van der Waals surface area contributed by atoms with Gasteiger partial charge in [0.2, 0.25) is 11.8 Å². The summed E-state index contributed by atoms with van der Waals surface area (Å²) in [6.45, 7) is 0. The van der Waals surface area contributed by atoms with E-state index < -0.39 is 6.04 Å². The second-order valence-electron chi connectivity index (χ2n) is 4.46. The maximum Gasteiger partial charge on any atom is 0.247 e. The van der Waals surface area contributed by atoms with Gasteiger partial charge >= 0.3 is 0 Å². The molecule has 1 unspecified atom stereocenters.